The number of sulfonamides is 1. The lowest BCUT2D eigenvalue weighted by Gasteiger charge is -2.39. The van der Waals surface area contributed by atoms with Gasteiger partial charge < -0.3 is 9.64 Å². The molecule has 0 bridgehead atoms. The maximum absolute atomic E-state index is 13.1. The molecule has 30 heavy (non-hydrogen) atoms. The molecule has 2 aromatic carbocycles. The monoisotopic (exact) mass is 497 g/mol. The number of hydrogen-bond donors (Lipinski definition) is 2. The van der Waals surface area contributed by atoms with Gasteiger partial charge in [-0.05, 0) is 42.5 Å². The van der Waals surface area contributed by atoms with Crippen LogP contribution in [0.3, 0.4) is 0 Å². The molecule has 0 spiro atoms. The van der Waals surface area contributed by atoms with Crippen molar-refractivity contribution >= 4 is 37.8 Å². The van der Waals surface area contributed by atoms with Crippen LogP contribution in [0.2, 0.25) is 0 Å². The summed E-state index contributed by atoms with van der Waals surface area (Å²) in [6.07, 6.45) is 0. The summed E-state index contributed by atoms with van der Waals surface area (Å²) in [5.74, 6) is -0.768. The summed E-state index contributed by atoms with van der Waals surface area (Å²) < 4.78 is 33.0. The zero-order valence-corrected chi connectivity index (χ0v) is 18.4. The van der Waals surface area contributed by atoms with E-state index < -0.39 is 22.0 Å². The first kappa shape index (κ1) is 22.2. The Bertz CT molecular complexity index is 1040. The fourth-order valence-electron chi connectivity index (χ4n) is 3.21. The summed E-state index contributed by atoms with van der Waals surface area (Å²) in [5.41, 5.74) is 1.91. The fraction of sp³-hybridized carbons (Fsp3) is 0.263. The SMILES string of the molecule is COc1ccc(S(=O)(=O)N2CCN(C(=O)c3cccc(Br)c3)CC2C(=O)NO)cc1. The molecule has 160 valence electrons. The van der Waals surface area contributed by atoms with Gasteiger partial charge in [0.25, 0.3) is 11.8 Å². The molecule has 0 aromatic heterocycles. The zero-order valence-electron chi connectivity index (χ0n) is 16.0. The molecule has 3 rings (SSSR count). The average Bonchev–Trinajstić information content (AvgIpc) is 2.77. The van der Waals surface area contributed by atoms with Gasteiger partial charge in [-0.3, -0.25) is 14.8 Å². The predicted molar refractivity (Wildman–Crippen MR) is 111 cm³/mol. The van der Waals surface area contributed by atoms with Gasteiger partial charge in [-0.25, -0.2) is 13.9 Å². The number of piperazine rings is 1. The second-order valence-corrected chi connectivity index (χ2v) is 9.35. The summed E-state index contributed by atoms with van der Waals surface area (Å²) in [6.45, 7) is -0.213. The van der Waals surface area contributed by atoms with Crippen molar-refractivity contribution in [1.29, 1.82) is 0 Å². The van der Waals surface area contributed by atoms with E-state index in [0.717, 1.165) is 8.78 Å². The van der Waals surface area contributed by atoms with Crippen LogP contribution in [-0.4, -0.2) is 67.4 Å². The lowest BCUT2D eigenvalue weighted by atomic mass is 10.1. The predicted octanol–water partition coefficient (Wildman–Crippen LogP) is 1.48. The maximum Gasteiger partial charge on any atom is 0.263 e. The number of nitrogens with zero attached hydrogens (tertiary/aromatic N) is 2. The zero-order chi connectivity index (χ0) is 21.9. The summed E-state index contributed by atoms with van der Waals surface area (Å²) in [6, 6.07) is 11.2. The standard InChI is InChI=1S/C19H20BrN3O6S/c1-29-15-5-7-16(8-6-15)30(27,28)23-10-9-22(12-17(23)18(24)21-26)19(25)13-3-2-4-14(20)11-13/h2-8,11,17,26H,9-10,12H2,1H3,(H,21,24). The van der Waals surface area contributed by atoms with Crippen LogP contribution in [0.1, 0.15) is 10.4 Å². The first-order chi connectivity index (χ1) is 14.3. The van der Waals surface area contributed by atoms with Gasteiger partial charge in [-0.2, -0.15) is 4.31 Å². The highest BCUT2D eigenvalue weighted by Gasteiger charge is 2.41. The van der Waals surface area contributed by atoms with Gasteiger partial charge in [0.15, 0.2) is 0 Å². The average molecular weight is 498 g/mol. The third-order valence-corrected chi connectivity index (χ3v) is 7.18. The summed E-state index contributed by atoms with van der Waals surface area (Å²) in [7, 11) is -2.59. The number of methoxy groups -OCH3 is 1. The minimum Gasteiger partial charge on any atom is -0.497 e. The molecule has 1 atom stereocenters. The van der Waals surface area contributed by atoms with Crippen LogP contribution in [0.25, 0.3) is 0 Å². The van der Waals surface area contributed by atoms with Gasteiger partial charge >= 0.3 is 0 Å². The smallest absolute Gasteiger partial charge is 0.263 e. The molecule has 2 N–H and O–H groups in total. The highest BCUT2D eigenvalue weighted by atomic mass is 79.9. The van der Waals surface area contributed by atoms with E-state index in [1.165, 1.54) is 41.8 Å². The Balaban J connectivity index is 1.88. The quantitative estimate of drug-likeness (QED) is 0.477. The molecule has 1 heterocycles. The summed E-state index contributed by atoms with van der Waals surface area (Å²) in [4.78, 5) is 26.5. The van der Waals surface area contributed by atoms with Crippen LogP contribution in [-0.2, 0) is 14.8 Å². The van der Waals surface area contributed by atoms with Gasteiger partial charge in [0.1, 0.15) is 11.8 Å². The van der Waals surface area contributed by atoms with Crippen molar-refractivity contribution in [2.75, 3.05) is 26.7 Å². The number of carbonyl (C=O) groups excluding carboxylic acids is 2. The molecule has 11 heteroatoms. The van der Waals surface area contributed by atoms with Gasteiger partial charge in [0.2, 0.25) is 10.0 Å². The van der Waals surface area contributed by atoms with Crippen LogP contribution in [0, 0.1) is 0 Å². The van der Waals surface area contributed by atoms with Gasteiger partial charge in [0, 0.05) is 29.7 Å². The normalized spacial score (nSPS) is 17.4. The second kappa shape index (κ2) is 9.13. The molecule has 2 amide bonds. The van der Waals surface area contributed by atoms with Crippen molar-refractivity contribution in [3.8, 4) is 5.75 Å². The Morgan fingerprint density at radius 3 is 2.47 bits per heavy atom. The van der Waals surface area contributed by atoms with E-state index in [1.54, 1.807) is 24.3 Å². The van der Waals surface area contributed by atoms with E-state index >= 15 is 0 Å². The van der Waals surface area contributed by atoms with Crippen LogP contribution in [0.4, 0.5) is 0 Å². The Morgan fingerprint density at radius 2 is 1.87 bits per heavy atom. The molecular formula is C19H20BrN3O6S. The van der Waals surface area contributed by atoms with E-state index in [1.807, 2.05) is 0 Å². The minimum absolute atomic E-state index is 0.0224. The van der Waals surface area contributed by atoms with E-state index in [0.29, 0.717) is 11.3 Å². The van der Waals surface area contributed by atoms with Crippen LogP contribution in [0.5, 0.6) is 5.75 Å². The maximum atomic E-state index is 13.1. The number of benzene rings is 2. The van der Waals surface area contributed by atoms with Crippen molar-refractivity contribution in [3.05, 3.63) is 58.6 Å². The van der Waals surface area contributed by atoms with Crippen molar-refractivity contribution in [1.82, 2.24) is 14.7 Å². The highest BCUT2D eigenvalue weighted by Crippen LogP contribution is 2.25. The molecular weight excluding hydrogens is 478 g/mol. The largest absolute Gasteiger partial charge is 0.497 e. The van der Waals surface area contributed by atoms with E-state index in [9.17, 15) is 18.0 Å². The van der Waals surface area contributed by atoms with E-state index in [4.69, 9.17) is 9.94 Å². The van der Waals surface area contributed by atoms with Gasteiger partial charge in [0.05, 0.1) is 12.0 Å². The molecule has 1 aliphatic heterocycles. The van der Waals surface area contributed by atoms with Crippen molar-refractivity contribution in [3.63, 3.8) is 0 Å². The third kappa shape index (κ3) is 4.48. The Hall–Kier alpha value is -2.47. The number of amides is 2. The van der Waals surface area contributed by atoms with Crippen molar-refractivity contribution < 1.29 is 28.0 Å². The molecule has 1 saturated heterocycles. The first-order valence-corrected chi connectivity index (χ1v) is 11.2. The highest BCUT2D eigenvalue weighted by molar-refractivity contribution is 9.10. The number of ether oxygens (including phenoxy) is 1. The lowest BCUT2D eigenvalue weighted by Crippen LogP contribution is -2.61. The fourth-order valence-corrected chi connectivity index (χ4v) is 5.18. The molecule has 1 aliphatic rings. The molecule has 0 saturated carbocycles. The number of nitrogens with one attached hydrogen (secondary N) is 1. The number of carbonyl (C=O) groups is 2. The van der Waals surface area contributed by atoms with Crippen LogP contribution in [0.15, 0.2) is 57.9 Å². The number of halogens is 1. The van der Waals surface area contributed by atoms with E-state index in [2.05, 4.69) is 15.9 Å². The number of rotatable bonds is 5. The van der Waals surface area contributed by atoms with Crippen molar-refractivity contribution in [2.24, 2.45) is 0 Å². The van der Waals surface area contributed by atoms with Gasteiger partial charge in [-0.1, -0.05) is 22.0 Å². The molecule has 1 unspecified atom stereocenters. The topological polar surface area (TPSA) is 116 Å². The molecule has 0 radical (unpaired) electrons. The molecule has 0 aliphatic carbocycles. The Kier molecular flexibility index (Phi) is 6.76. The van der Waals surface area contributed by atoms with Crippen molar-refractivity contribution in [2.45, 2.75) is 10.9 Å². The van der Waals surface area contributed by atoms with Crippen LogP contribution >= 0.6 is 15.9 Å². The summed E-state index contributed by atoms with van der Waals surface area (Å²) >= 11 is 3.31. The minimum atomic E-state index is -4.05. The van der Waals surface area contributed by atoms with E-state index in [-0.39, 0.29) is 30.4 Å². The molecule has 1 fully saturated rings. The molecule has 9 nitrogen and oxygen atoms in total. The second-order valence-electron chi connectivity index (χ2n) is 6.54. The number of hydrogen-bond acceptors (Lipinski definition) is 6. The summed E-state index contributed by atoms with van der Waals surface area (Å²) in [5, 5.41) is 9.14. The third-order valence-electron chi connectivity index (χ3n) is 4.77. The Morgan fingerprint density at radius 1 is 1.17 bits per heavy atom. The first-order valence-electron chi connectivity index (χ1n) is 8.92. The van der Waals surface area contributed by atoms with Gasteiger partial charge in [-0.15, -0.1) is 0 Å². The molecule has 2 aromatic rings. The van der Waals surface area contributed by atoms with Crippen LogP contribution < -0.4 is 10.2 Å². The Labute approximate surface area is 182 Å². The lowest BCUT2D eigenvalue weighted by molar-refractivity contribution is -0.134. The number of hydroxylamine groups is 1.